The van der Waals surface area contributed by atoms with Gasteiger partial charge in [-0.1, -0.05) is 53.7 Å². The predicted molar refractivity (Wildman–Crippen MR) is 134 cm³/mol. The molecule has 2 fully saturated rings. The van der Waals surface area contributed by atoms with Crippen molar-refractivity contribution in [3.8, 4) is 0 Å². The van der Waals surface area contributed by atoms with E-state index >= 15 is 0 Å². The molecule has 0 bridgehead atoms. The average Bonchev–Trinajstić information content (AvgIpc) is 3.28. The van der Waals surface area contributed by atoms with E-state index < -0.39 is 9.84 Å². The average molecular weight is 505 g/mol. The van der Waals surface area contributed by atoms with Crippen LogP contribution in [0.2, 0.25) is 5.02 Å². The molecule has 0 aliphatic carbocycles. The van der Waals surface area contributed by atoms with Crippen molar-refractivity contribution in [1.82, 2.24) is 9.80 Å². The number of amidine groups is 1. The monoisotopic (exact) mass is 504 g/mol. The van der Waals surface area contributed by atoms with Crippen molar-refractivity contribution in [3.63, 3.8) is 0 Å². The summed E-state index contributed by atoms with van der Waals surface area (Å²) >= 11 is 7.80. The standard InChI is InChI=1S/C23H25ClN4O3S2/c24-18-7-6-17(12-19(18)25-23-26-20-14-33(30,31)15-21(20)32-23)22(29)28-10-8-27(9-11-28)13-16-4-2-1-3-5-16/h1-7,12,20-21H,8-11,13-15H2,(H,25,26)/t20-,21-/m0/s1. The number of rotatable bonds is 4. The van der Waals surface area contributed by atoms with E-state index in [0.29, 0.717) is 34.5 Å². The van der Waals surface area contributed by atoms with E-state index in [1.165, 1.54) is 17.3 Å². The SMILES string of the molecule is O=C(c1ccc(Cl)c(NC2=N[C@H]3CS(=O)(=O)C[C@@H]3S2)c1)N1CCN(Cc2ccccc2)CC1. The lowest BCUT2D eigenvalue weighted by Crippen LogP contribution is -2.48. The quantitative estimate of drug-likeness (QED) is 0.689. The van der Waals surface area contributed by atoms with Gasteiger partial charge in [0.2, 0.25) is 0 Å². The number of nitrogens with zero attached hydrogens (tertiary/aromatic N) is 3. The van der Waals surface area contributed by atoms with Crippen LogP contribution in [0.5, 0.6) is 0 Å². The fourth-order valence-electron chi connectivity index (χ4n) is 4.42. The van der Waals surface area contributed by atoms with Gasteiger partial charge in [0.05, 0.1) is 28.3 Å². The summed E-state index contributed by atoms with van der Waals surface area (Å²) in [5, 5.41) is 4.30. The second-order valence-electron chi connectivity index (χ2n) is 8.61. The summed E-state index contributed by atoms with van der Waals surface area (Å²) < 4.78 is 23.6. The number of amides is 1. The number of hydrogen-bond donors (Lipinski definition) is 1. The molecule has 7 nitrogen and oxygen atoms in total. The van der Waals surface area contributed by atoms with Crippen molar-refractivity contribution >= 4 is 50.0 Å². The molecule has 10 heteroatoms. The van der Waals surface area contributed by atoms with Crippen LogP contribution in [-0.2, 0) is 16.4 Å². The Balaban J connectivity index is 1.21. The summed E-state index contributed by atoms with van der Waals surface area (Å²) in [6.45, 7) is 3.91. The number of fused-ring (bicyclic) bond motifs is 1. The van der Waals surface area contributed by atoms with Crippen LogP contribution in [0.3, 0.4) is 0 Å². The van der Waals surface area contributed by atoms with Gasteiger partial charge >= 0.3 is 0 Å². The summed E-state index contributed by atoms with van der Waals surface area (Å²) in [4.78, 5) is 21.9. The Morgan fingerprint density at radius 3 is 2.58 bits per heavy atom. The second kappa shape index (κ2) is 9.29. The smallest absolute Gasteiger partial charge is 0.254 e. The lowest BCUT2D eigenvalue weighted by Gasteiger charge is -2.35. The number of nitrogens with one attached hydrogen (secondary N) is 1. The molecule has 1 amide bonds. The number of aliphatic imine (C=N–C) groups is 1. The molecule has 0 saturated carbocycles. The zero-order chi connectivity index (χ0) is 23.0. The lowest BCUT2D eigenvalue weighted by molar-refractivity contribution is 0.0628. The number of halogens is 1. The second-order valence-corrected chi connectivity index (χ2v) is 12.4. The zero-order valence-corrected chi connectivity index (χ0v) is 20.4. The van der Waals surface area contributed by atoms with Crippen LogP contribution in [-0.4, -0.2) is 78.3 Å². The minimum Gasteiger partial charge on any atom is -0.336 e. The van der Waals surface area contributed by atoms with Gasteiger partial charge in [0.25, 0.3) is 5.91 Å². The Bertz CT molecular complexity index is 1180. The van der Waals surface area contributed by atoms with Crippen molar-refractivity contribution in [2.75, 3.05) is 43.0 Å². The largest absolute Gasteiger partial charge is 0.336 e. The fraction of sp³-hybridized carbons (Fsp3) is 0.391. The highest BCUT2D eigenvalue weighted by molar-refractivity contribution is 8.15. The number of thioether (sulfide) groups is 1. The van der Waals surface area contributed by atoms with Gasteiger partial charge in [-0.25, -0.2) is 8.42 Å². The van der Waals surface area contributed by atoms with Crippen LogP contribution in [0.25, 0.3) is 0 Å². The molecule has 2 aromatic carbocycles. The van der Waals surface area contributed by atoms with E-state index in [1.807, 2.05) is 23.1 Å². The lowest BCUT2D eigenvalue weighted by atomic mass is 10.1. The van der Waals surface area contributed by atoms with E-state index in [0.717, 1.165) is 19.6 Å². The molecule has 2 saturated heterocycles. The highest BCUT2D eigenvalue weighted by Crippen LogP contribution is 2.35. The van der Waals surface area contributed by atoms with E-state index in [9.17, 15) is 13.2 Å². The minimum atomic E-state index is -3.00. The highest BCUT2D eigenvalue weighted by atomic mass is 35.5. The van der Waals surface area contributed by atoms with Crippen LogP contribution in [0.15, 0.2) is 53.5 Å². The first-order valence-corrected chi connectivity index (χ1v) is 14.0. The van der Waals surface area contributed by atoms with Crippen LogP contribution < -0.4 is 5.32 Å². The van der Waals surface area contributed by atoms with Crippen molar-refractivity contribution in [1.29, 1.82) is 0 Å². The summed E-state index contributed by atoms with van der Waals surface area (Å²) in [6, 6.07) is 15.4. The molecular formula is C23H25ClN4O3S2. The molecule has 174 valence electrons. The van der Waals surface area contributed by atoms with Gasteiger partial charge < -0.3 is 10.2 Å². The molecule has 5 rings (SSSR count). The summed E-state index contributed by atoms with van der Waals surface area (Å²) in [6.07, 6.45) is 0. The molecule has 0 spiro atoms. The summed E-state index contributed by atoms with van der Waals surface area (Å²) in [5.74, 6) is 0.232. The number of hydrogen-bond acceptors (Lipinski definition) is 7. The van der Waals surface area contributed by atoms with E-state index in [-0.39, 0.29) is 28.7 Å². The van der Waals surface area contributed by atoms with Gasteiger partial charge in [-0.2, -0.15) is 0 Å². The summed E-state index contributed by atoms with van der Waals surface area (Å²) in [7, 11) is -3.00. The van der Waals surface area contributed by atoms with Crippen molar-refractivity contribution in [3.05, 3.63) is 64.7 Å². The molecule has 2 aromatic rings. The van der Waals surface area contributed by atoms with Crippen LogP contribution in [0.1, 0.15) is 15.9 Å². The first-order valence-electron chi connectivity index (χ1n) is 10.9. The third-order valence-corrected chi connectivity index (χ3v) is 9.65. The number of anilines is 1. The fourth-order valence-corrected chi connectivity index (χ4v) is 8.25. The van der Waals surface area contributed by atoms with E-state index in [2.05, 4.69) is 27.3 Å². The molecule has 1 N–H and O–H groups in total. The first-order chi connectivity index (χ1) is 15.9. The molecular weight excluding hydrogens is 480 g/mol. The van der Waals surface area contributed by atoms with Crippen LogP contribution >= 0.6 is 23.4 Å². The number of piperazine rings is 1. The van der Waals surface area contributed by atoms with Gasteiger partial charge in [0.15, 0.2) is 15.0 Å². The first kappa shape index (κ1) is 22.7. The topological polar surface area (TPSA) is 82.1 Å². The van der Waals surface area contributed by atoms with Gasteiger partial charge in [0.1, 0.15) is 0 Å². The maximum Gasteiger partial charge on any atom is 0.254 e. The maximum atomic E-state index is 13.1. The number of carbonyl (C=O) groups excluding carboxylic acids is 1. The van der Waals surface area contributed by atoms with Gasteiger partial charge in [-0.3, -0.25) is 14.7 Å². The normalized spacial score (nSPS) is 24.4. The highest BCUT2D eigenvalue weighted by Gasteiger charge is 2.42. The van der Waals surface area contributed by atoms with Crippen molar-refractivity contribution in [2.24, 2.45) is 4.99 Å². The molecule has 33 heavy (non-hydrogen) atoms. The number of sulfone groups is 1. The maximum absolute atomic E-state index is 13.1. The minimum absolute atomic E-state index is 0.0157. The molecule has 3 aliphatic heterocycles. The summed E-state index contributed by atoms with van der Waals surface area (Å²) in [5.41, 5.74) is 2.46. The molecule has 3 heterocycles. The number of benzene rings is 2. The molecule has 2 atom stereocenters. The molecule has 0 aromatic heterocycles. The Morgan fingerprint density at radius 2 is 1.85 bits per heavy atom. The number of carbonyl (C=O) groups is 1. The third-order valence-electron chi connectivity index (χ3n) is 6.18. The van der Waals surface area contributed by atoms with E-state index in [4.69, 9.17) is 11.6 Å². The molecule has 3 aliphatic rings. The Kier molecular flexibility index (Phi) is 6.39. The Morgan fingerprint density at radius 1 is 1.09 bits per heavy atom. The van der Waals surface area contributed by atoms with Gasteiger partial charge in [-0.15, -0.1) is 0 Å². The van der Waals surface area contributed by atoms with Crippen LogP contribution in [0.4, 0.5) is 5.69 Å². The zero-order valence-electron chi connectivity index (χ0n) is 18.0. The Labute approximate surface area is 203 Å². The third kappa shape index (κ3) is 5.21. The van der Waals surface area contributed by atoms with Crippen molar-refractivity contribution in [2.45, 2.75) is 17.8 Å². The van der Waals surface area contributed by atoms with Crippen LogP contribution in [0, 0.1) is 0 Å². The van der Waals surface area contributed by atoms with E-state index in [1.54, 1.807) is 18.2 Å². The van der Waals surface area contributed by atoms with Gasteiger partial charge in [0, 0.05) is 43.5 Å². The molecule has 0 unspecified atom stereocenters. The Hall–Kier alpha value is -2.07. The van der Waals surface area contributed by atoms with Gasteiger partial charge in [-0.05, 0) is 23.8 Å². The molecule has 0 radical (unpaired) electrons. The van der Waals surface area contributed by atoms with Crippen molar-refractivity contribution < 1.29 is 13.2 Å². The predicted octanol–water partition coefficient (Wildman–Crippen LogP) is 2.98.